The molecule has 1 spiro atoms. The van der Waals surface area contributed by atoms with Crippen LogP contribution in [0, 0.1) is 17.3 Å². The monoisotopic (exact) mass is 329 g/mol. The van der Waals surface area contributed by atoms with Crippen molar-refractivity contribution in [1.29, 1.82) is 0 Å². The van der Waals surface area contributed by atoms with Crippen LogP contribution in [0.1, 0.15) is 44.7 Å². The summed E-state index contributed by atoms with van der Waals surface area (Å²) < 4.78 is 0. The average molecular weight is 329 g/mol. The molecule has 1 aromatic rings. The molecule has 2 fully saturated rings. The van der Waals surface area contributed by atoms with Crippen molar-refractivity contribution in [2.24, 2.45) is 23.0 Å². The van der Waals surface area contributed by atoms with Crippen molar-refractivity contribution >= 4 is 5.91 Å². The first-order valence-corrected chi connectivity index (χ1v) is 9.31. The number of nitrogens with zero attached hydrogens (tertiary/aromatic N) is 1. The molecule has 2 aliphatic rings. The molecule has 1 amide bonds. The minimum Gasteiger partial charge on any atom is -0.348 e. The van der Waals surface area contributed by atoms with Gasteiger partial charge in [0.25, 0.3) is 0 Å². The smallest absolute Gasteiger partial charge is 0.234 e. The Morgan fingerprint density at radius 3 is 2.54 bits per heavy atom. The van der Waals surface area contributed by atoms with Crippen molar-refractivity contribution in [2.45, 2.75) is 39.2 Å². The summed E-state index contributed by atoms with van der Waals surface area (Å²) in [5.41, 5.74) is 7.57. The molecule has 1 aliphatic heterocycles. The van der Waals surface area contributed by atoms with Crippen LogP contribution in [0.25, 0.3) is 0 Å². The lowest BCUT2D eigenvalue weighted by molar-refractivity contribution is -0.123. The van der Waals surface area contributed by atoms with Gasteiger partial charge in [0.05, 0.1) is 12.6 Å². The van der Waals surface area contributed by atoms with Crippen LogP contribution >= 0.6 is 0 Å². The number of likely N-dealkylation sites (tertiary alicyclic amines) is 1. The lowest BCUT2D eigenvalue weighted by Gasteiger charge is -2.42. The highest BCUT2D eigenvalue weighted by Crippen LogP contribution is 2.51. The maximum absolute atomic E-state index is 12.6. The van der Waals surface area contributed by atoms with E-state index in [0.29, 0.717) is 23.8 Å². The zero-order chi connectivity index (χ0) is 17.2. The van der Waals surface area contributed by atoms with Gasteiger partial charge >= 0.3 is 0 Å². The average Bonchev–Trinajstić information content (AvgIpc) is 2.92. The Morgan fingerprint density at radius 1 is 1.33 bits per heavy atom. The highest BCUT2D eigenvalue weighted by atomic mass is 16.2. The van der Waals surface area contributed by atoms with Gasteiger partial charge in [0.15, 0.2) is 0 Å². The third kappa shape index (κ3) is 3.50. The second-order valence-corrected chi connectivity index (χ2v) is 8.02. The van der Waals surface area contributed by atoms with E-state index >= 15 is 0 Å². The van der Waals surface area contributed by atoms with Gasteiger partial charge in [-0.3, -0.25) is 9.69 Å². The highest BCUT2D eigenvalue weighted by Gasteiger charge is 2.49. The molecule has 3 rings (SSSR count). The van der Waals surface area contributed by atoms with Gasteiger partial charge in [-0.2, -0.15) is 0 Å². The summed E-state index contributed by atoms with van der Waals surface area (Å²) in [5.74, 6) is 1.06. The van der Waals surface area contributed by atoms with E-state index in [1.54, 1.807) is 0 Å². The predicted molar refractivity (Wildman–Crippen MR) is 97.4 cm³/mol. The van der Waals surface area contributed by atoms with E-state index in [2.05, 4.69) is 36.2 Å². The Balaban J connectivity index is 1.59. The molecule has 1 aromatic carbocycles. The van der Waals surface area contributed by atoms with Gasteiger partial charge in [-0.25, -0.2) is 0 Å². The largest absolute Gasteiger partial charge is 0.348 e. The second kappa shape index (κ2) is 7.24. The Kier molecular flexibility index (Phi) is 5.26. The molecule has 132 valence electrons. The van der Waals surface area contributed by atoms with Gasteiger partial charge < -0.3 is 11.1 Å². The van der Waals surface area contributed by atoms with Gasteiger partial charge in [0.1, 0.15) is 0 Å². The molecule has 0 aromatic heterocycles. The van der Waals surface area contributed by atoms with Crippen molar-refractivity contribution in [1.82, 2.24) is 10.2 Å². The number of hydrogen-bond donors (Lipinski definition) is 2. The van der Waals surface area contributed by atoms with Crippen LogP contribution in [-0.2, 0) is 4.79 Å². The summed E-state index contributed by atoms with van der Waals surface area (Å²) in [7, 11) is 0. The van der Waals surface area contributed by atoms with E-state index in [1.807, 2.05) is 18.2 Å². The number of carbonyl (C=O) groups excluding carboxylic acids is 1. The maximum Gasteiger partial charge on any atom is 0.234 e. The number of hydrogen-bond acceptors (Lipinski definition) is 3. The number of nitrogens with one attached hydrogen (secondary N) is 1. The molecule has 24 heavy (non-hydrogen) atoms. The molecule has 1 aliphatic carbocycles. The Hall–Kier alpha value is -1.39. The number of benzene rings is 1. The van der Waals surface area contributed by atoms with E-state index in [0.717, 1.165) is 19.6 Å². The molecule has 3 N–H and O–H groups in total. The first kappa shape index (κ1) is 17.4. The summed E-state index contributed by atoms with van der Waals surface area (Å²) >= 11 is 0. The van der Waals surface area contributed by atoms with Crippen LogP contribution < -0.4 is 11.1 Å². The molecular formula is C20H31N3O. The second-order valence-electron chi connectivity index (χ2n) is 8.02. The van der Waals surface area contributed by atoms with E-state index in [-0.39, 0.29) is 11.9 Å². The normalized spacial score (nSPS) is 24.1. The molecule has 0 radical (unpaired) electrons. The summed E-state index contributed by atoms with van der Waals surface area (Å²) in [4.78, 5) is 14.9. The van der Waals surface area contributed by atoms with Crippen LogP contribution in [0.3, 0.4) is 0 Å². The van der Waals surface area contributed by atoms with E-state index in [9.17, 15) is 4.79 Å². The molecule has 4 heteroatoms. The Bertz CT molecular complexity index is 553. The lowest BCUT2D eigenvalue weighted by Crippen LogP contribution is -2.42. The maximum atomic E-state index is 12.6. The summed E-state index contributed by atoms with van der Waals surface area (Å²) in [5, 5.41) is 3.24. The minimum atomic E-state index is 0.0734. The lowest BCUT2D eigenvalue weighted by atomic mass is 9.63. The molecule has 2 unspecified atom stereocenters. The third-order valence-electron chi connectivity index (χ3n) is 6.03. The van der Waals surface area contributed by atoms with E-state index in [1.165, 1.54) is 24.8 Å². The number of amides is 1. The molecular weight excluding hydrogens is 298 g/mol. The van der Waals surface area contributed by atoms with Crippen molar-refractivity contribution in [3.05, 3.63) is 35.9 Å². The van der Waals surface area contributed by atoms with Crippen LogP contribution in [0.2, 0.25) is 0 Å². The summed E-state index contributed by atoms with van der Waals surface area (Å²) in [6, 6.07) is 10.3. The topological polar surface area (TPSA) is 58.4 Å². The van der Waals surface area contributed by atoms with Gasteiger partial charge in [0.2, 0.25) is 5.91 Å². The van der Waals surface area contributed by atoms with Crippen LogP contribution in [0.4, 0.5) is 0 Å². The van der Waals surface area contributed by atoms with Gasteiger partial charge in [-0.15, -0.1) is 0 Å². The molecule has 1 saturated heterocycles. The third-order valence-corrected chi connectivity index (χ3v) is 6.03. The molecule has 4 nitrogen and oxygen atoms in total. The fourth-order valence-electron chi connectivity index (χ4n) is 4.50. The SMILES string of the molecule is CC(C)C(NC(=O)CN1CC(CN)C2(CCC2)C1)c1ccccc1. The van der Waals surface area contributed by atoms with Crippen molar-refractivity contribution in [2.75, 3.05) is 26.2 Å². The number of nitrogens with two attached hydrogens (primary N) is 1. The van der Waals surface area contributed by atoms with E-state index in [4.69, 9.17) is 5.73 Å². The predicted octanol–water partition coefficient (Wildman–Crippen LogP) is 2.56. The van der Waals surface area contributed by atoms with Crippen LogP contribution in [0.5, 0.6) is 0 Å². The van der Waals surface area contributed by atoms with Crippen molar-refractivity contribution in [3.8, 4) is 0 Å². The first-order chi connectivity index (χ1) is 11.5. The zero-order valence-corrected chi connectivity index (χ0v) is 15.0. The van der Waals surface area contributed by atoms with Gasteiger partial charge in [-0.1, -0.05) is 50.6 Å². The fraction of sp³-hybridized carbons (Fsp3) is 0.650. The fourth-order valence-corrected chi connectivity index (χ4v) is 4.50. The van der Waals surface area contributed by atoms with Crippen LogP contribution in [-0.4, -0.2) is 37.0 Å². The van der Waals surface area contributed by atoms with Crippen LogP contribution in [0.15, 0.2) is 30.3 Å². The van der Waals surface area contributed by atoms with E-state index < -0.39 is 0 Å². The number of rotatable bonds is 6. The minimum absolute atomic E-state index is 0.0734. The number of carbonyl (C=O) groups is 1. The standard InChI is InChI=1S/C20H31N3O/c1-15(2)19(16-7-4-3-5-8-16)22-18(24)13-23-12-17(11-21)20(14-23)9-6-10-20/h3-5,7-8,15,17,19H,6,9-14,21H2,1-2H3,(H,22,24). The Morgan fingerprint density at radius 2 is 2.04 bits per heavy atom. The quantitative estimate of drug-likeness (QED) is 0.843. The van der Waals surface area contributed by atoms with Gasteiger partial charge in [0, 0.05) is 13.1 Å². The Labute approximate surface area is 145 Å². The molecule has 2 atom stereocenters. The summed E-state index contributed by atoms with van der Waals surface area (Å²) in [6.07, 6.45) is 3.89. The molecule has 0 bridgehead atoms. The van der Waals surface area contributed by atoms with Crippen molar-refractivity contribution in [3.63, 3.8) is 0 Å². The zero-order valence-electron chi connectivity index (χ0n) is 15.0. The molecule has 1 saturated carbocycles. The van der Waals surface area contributed by atoms with Gasteiger partial charge in [-0.05, 0) is 42.2 Å². The molecule has 1 heterocycles. The highest BCUT2D eigenvalue weighted by molar-refractivity contribution is 5.78. The summed E-state index contributed by atoms with van der Waals surface area (Å²) in [6.45, 7) is 7.57. The van der Waals surface area contributed by atoms with Crippen molar-refractivity contribution < 1.29 is 4.79 Å². The first-order valence-electron chi connectivity index (χ1n) is 9.31.